The van der Waals surface area contributed by atoms with Crippen molar-refractivity contribution >= 4 is 0 Å². The van der Waals surface area contributed by atoms with Crippen LogP contribution in [0.4, 0.5) is 0 Å². The Morgan fingerprint density at radius 1 is 1.31 bits per heavy atom. The van der Waals surface area contributed by atoms with Gasteiger partial charge in [-0.15, -0.1) is 0 Å². The van der Waals surface area contributed by atoms with Crippen LogP contribution in [0.2, 0.25) is 0 Å². The molecule has 0 amide bonds. The highest BCUT2D eigenvalue weighted by Gasteiger charge is 2.33. The maximum Gasteiger partial charge on any atom is 0.0471 e. The molecular formula is C11H21NO. The quantitative estimate of drug-likeness (QED) is 0.666. The second kappa shape index (κ2) is 3.97. The summed E-state index contributed by atoms with van der Waals surface area (Å²) >= 11 is 0. The molecule has 2 fully saturated rings. The molecule has 0 spiro atoms. The van der Waals surface area contributed by atoms with Crippen LogP contribution >= 0.6 is 0 Å². The minimum atomic E-state index is 0.387. The molecule has 2 saturated heterocycles. The number of nitrogens with zero attached hydrogens (tertiary/aromatic N) is 1. The highest BCUT2D eigenvalue weighted by atomic mass is 16.3. The lowest BCUT2D eigenvalue weighted by Crippen LogP contribution is -2.50. The molecule has 2 rings (SSSR count). The molecule has 2 heterocycles. The molecule has 0 aliphatic carbocycles. The first-order valence-electron chi connectivity index (χ1n) is 5.66. The van der Waals surface area contributed by atoms with Gasteiger partial charge in [-0.2, -0.15) is 0 Å². The molecule has 0 aromatic heterocycles. The summed E-state index contributed by atoms with van der Waals surface area (Å²) in [5, 5.41) is 9.12. The van der Waals surface area contributed by atoms with E-state index >= 15 is 0 Å². The van der Waals surface area contributed by atoms with E-state index in [0.29, 0.717) is 12.5 Å². The molecule has 2 aliphatic rings. The van der Waals surface area contributed by atoms with Gasteiger partial charge in [0.2, 0.25) is 0 Å². The number of aliphatic hydroxyl groups is 1. The van der Waals surface area contributed by atoms with E-state index in [9.17, 15) is 0 Å². The Hall–Kier alpha value is -0.0800. The van der Waals surface area contributed by atoms with Gasteiger partial charge in [-0.3, -0.25) is 4.90 Å². The summed E-state index contributed by atoms with van der Waals surface area (Å²) in [6, 6.07) is 0.830. The molecule has 13 heavy (non-hydrogen) atoms. The number of hydrogen-bond acceptors (Lipinski definition) is 2. The van der Waals surface area contributed by atoms with Crippen molar-refractivity contribution in [1.29, 1.82) is 0 Å². The van der Waals surface area contributed by atoms with E-state index in [1.54, 1.807) is 0 Å². The Kier molecular flexibility index (Phi) is 2.89. The summed E-state index contributed by atoms with van der Waals surface area (Å²) in [5.41, 5.74) is 0. The van der Waals surface area contributed by atoms with Crippen molar-refractivity contribution in [1.82, 2.24) is 4.90 Å². The van der Waals surface area contributed by atoms with Crippen LogP contribution in [0.3, 0.4) is 0 Å². The Bertz CT molecular complexity index is 171. The van der Waals surface area contributed by atoms with Gasteiger partial charge >= 0.3 is 0 Å². The third-order valence-corrected chi connectivity index (χ3v) is 3.85. The predicted octanol–water partition coefficient (Wildman–Crippen LogP) is 1.49. The number of piperidine rings is 2. The predicted molar refractivity (Wildman–Crippen MR) is 53.6 cm³/mol. The van der Waals surface area contributed by atoms with Crippen LogP contribution in [0.15, 0.2) is 0 Å². The lowest BCUT2D eigenvalue weighted by Gasteiger charge is -2.45. The summed E-state index contributed by atoms with van der Waals surface area (Å²) in [7, 11) is 0. The average Bonchev–Trinajstić information content (AvgIpc) is 2.18. The lowest BCUT2D eigenvalue weighted by atomic mass is 9.82. The fourth-order valence-electron chi connectivity index (χ4n) is 3.01. The van der Waals surface area contributed by atoms with Crippen molar-refractivity contribution in [3.63, 3.8) is 0 Å². The smallest absolute Gasteiger partial charge is 0.0471 e. The maximum atomic E-state index is 9.12. The molecule has 0 aromatic carbocycles. The molecular weight excluding hydrogens is 162 g/mol. The fraction of sp³-hybridized carbons (Fsp3) is 1.00. The van der Waals surface area contributed by atoms with Crippen molar-refractivity contribution < 1.29 is 5.11 Å². The second-order valence-electron chi connectivity index (χ2n) is 4.81. The molecule has 0 saturated carbocycles. The van der Waals surface area contributed by atoms with Crippen molar-refractivity contribution in [3.8, 4) is 0 Å². The highest BCUT2D eigenvalue weighted by molar-refractivity contribution is 4.87. The molecule has 2 heteroatoms. The fourth-order valence-corrected chi connectivity index (χ4v) is 3.01. The Morgan fingerprint density at radius 3 is 2.92 bits per heavy atom. The SMILES string of the molecule is C[C@@H]1CCCN2C[C@@H](CO)CC[C@H]12. The maximum absolute atomic E-state index is 9.12. The van der Waals surface area contributed by atoms with E-state index in [-0.39, 0.29) is 0 Å². The first kappa shape index (κ1) is 9.47. The van der Waals surface area contributed by atoms with Gasteiger partial charge in [-0.25, -0.2) is 0 Å². The zero-order valence-electron chi connectivity index (χ0n) is 8.58. The van der Waals surface area contributed by atoms with Crippen LogP contribution < -0.4 is 0 Å². The molecule has 0 unspecified atom stereocenters. The van der Waals surface area contributed by atoms with Gasteiger partial charge in [0, 0.05) is 19.2 Å². The van der Waals surface area contributed by atoms with Gasteiger partial charge in [-0.1, -0.05) is 6.92 Å². The first-order valence-corrected chi connectivity index (χ1v) is 5.66. The Morgan fingerprint density at radius 2 is 2.15 bits per heavy atom. The third kappa shape index (κ3) is 1.89. The molecule has 0 aromatic rings. The standard InChI is InChI=1S/C11H21NO/c1-9-3-2-6-12-7-10(8-13)4-5-11(9)12/h9-11,13H,2-8H2,1H3/t9-,10+,11-/m1/s1. The summed E-state index contributed by atoms with van der Waals surface area (Å²) in [4.78, 5) is 2.61. The van der Waals surface area contributed by atoms with Crippen LogP contribution in [0.1, 0.15) is 32.6 Å². The van der Waals surface area contributed by atoms with Crippen molar-refractivity contribution in [3.05, 3.63) is 0 Å². The molecule has 2 aliphatic heterocycles. The Balaban J connectivity index is 1.95. The van der Waals surface area contributed by atoms with E-state index in [1.165, 1.54) is 32.2 Å². The molecule has 2 nitrogen and oxygen atoms in total. The molecule has 1 N–H and O–H groups in total. The van der Waals surface area contributed by atoms with Crippen LogP contribution in [0.25, 0.3) is 0 Å². The van der Waals surface area contributed by atoms with Gasteiger partial charge < -0.3 is 5.11 Å². The molecule has 3 atom stereocenters. The first-order chi connectivity index (χ1) is 6.31. The highest BCUT2D eigenvalue weighted by Crippen LogP contribution is 2.32. The van der Waals surface area contributed by atoms with E-state index in [2.05, 4.69) is 11.8 Å². The second-order valence-corrected chi connectivity index (χ2v) is 4.81. The summed E-state index contributed by atoms with van der Waals surface area (Å²) < 4.78 is 0. The van der Waals surface area contributed by atoms with Gasteiger partial charge in [0.1, 0.15) is 0 Å². The van der Waals surface area contributed by atoms with Gasteiger partial charge in [0.05, 0.1) is 0 Å². The minimum absolute atomic E-state index is 0.387. The summed E-state index contributed by atoms with van der Waals surface area (Å²) in [5.74, 6) is 1.44. The summed E-state index contributed by atoms with van der Waals surface area (Å²) in [6.45, 7) is 5.19. The van der Waals surface area contributed by atoms with Crippen molar-refractivity contribution in [2.45, 2.75) is 38.6 Å². The summed E-state index contributed by atoms with van der Waals surface area (Å²) in [6.07, 6.45) is 5.31. The molecule has 0 bridgehead atoms. The minimum Gasteiger partial charge on any atom is -0.396 e. The largest absolute Gasteiger partial charge is 0.396 e. The van der Waals surface area contributed by atoms with Crippen LogP contribution in [0, 0.1) is 11.8 Å². The van der Waals surface area contributed by atoms with E-state index in [4.69, 9.17) is 5.11 Å². The van der Waals surface area contributed by atoms with E-state index in [0.717, 1.165) is 18.5 Å². The number of hydrogen-bond donors (Lipinski definition) is 1. The van der Waals surface area contributed by atoms with Crippen molar-refractivity contribution in [2.24, 2.45) is 11.8 Å². The molecule has 76 valence electrons. The third-order valence-electron chi connectivity index (χ3n) is 3.85. The van der Waals surface area contributed by atoms with E-state index < -0.39 is 0 Å². The topological polar surface area (TPSA) is 23.5 Å². The van der Waals surface area contributed by atoms with Gasteiger partial charge in [0.25, 0.3) is 0 Å². The zero-order valence-corrected chi connectivity index (χ0v) is 8.58. The number of rotatable bonds is 1. The van der Waals surface area contributed by atoms with Crippen molar-refractivity contribution in [2.75, 3.05) is 19.7 Å². The monoisotopic (exact) mass is 183 g/mol. The van der Waals surface area contributed by atoms with Crippen LogP contribution in [-0.4, -0.2) is 35.7 Å². The lowest BCUT2D eigenvalue weighted by molar-refractivity contribution is 0.0238. The Labute approximate surface area is 80.9 Å². The average molecular weight is 183 g/mol. The van der Waals surface area contributed by atoms with E-state index in [1.807, 2.05) is 0 Å². The van der Waals surface area contributed by atoms with Gasteiger partial charge in [0.15, 0.2) is 0 Å². The van der Waals surface area contributed by atoms with Crippen LogP contribution in [0.5, 0.6) is 0 Å². The van der Waals surface area contributed by atoms with Crippen LogP contribution in [-0.2, 0) is 0 Å². The number of fused-ring (bicyclic) bond motifs is 1. The van der Waals surface area contributed by atoms with Gasteiger partial charge in [-0.05, 0) is 44.1 Å². The normalized spacial score (nSPS) is 41.5. The zero-order chi connectivity index (χ0) is 9.26. The molecule has 0 radical (unpaired) electrons. The number of aliphatic hydroxyl groups excluding tert-OH is 1.